The number of piperazine rings is 1. The number of benzene rings is 1. The van der Waals surface area contributed by atoms with Crippen molar-refractivity contribution in [2.45, 2.75) is 5.75 Å². The second kappa shape index (κ2) is 9.86. The number of amides is 1. The van der Waals surface area contributed by atoms with Crippen LogP contribution in [0.2, 0.25) is 0 Å². The van der Waals surface area contributed by atoms with Crippen molar-refractivity contribution in [2.75, 3.05) is 31.9 Å². The van der Waals surface area contributed by atoms with E-state index in [2.05, 4.69) is 4.98 Å². The van der Waals surface area contributed by atoms with Crippen molar-refractivity contribution in [1.29, 1.82) is 0 Å². The normalized spacial score (nSPS) is 15.8. The molecule has 1 aliphatic rings. The number of thioether (sulfide) groups is 1. The highest BCUT2D eigenvalue weighted by Gasteiger charge is 2.27. The number of rotatable bonds is 7. The van der Waals surface area contributed by atoms with Crippen molar-refractivity contribution in [3.8, 4) is 0 Å². The number of nitrogens with zero attached hydrogens (tertiary/aromatic N) is 3. The van der Waals surface area contributed by atoms with E-state index in [0.29, 0.717) is 31.9 Å². The van der Waals surface area contributed by atoms with Crippen molar-refractivity contribution in [2.24, 2.45) is 0 Å². The van der Waals surface area contributed by atoms with Gasteiger partial charge in [0.05, 0.1) is 5.75 Å². The van der Waals surface area contributed by atoms with Crippen LogP contribution in [0, 0.1) is 0 Å². The molecule has 0 unspecified atom stereocenters. The zero-order chi connectivity index (χ0) is 19.8. The minimum atomic E-state index is -3.48. The molecule has 0 spiro atoms. The molecule has 0 N–H and O–H groups in total. The molecule has 3 rings (SSSR count). The van der Waals surface area contributed by atoms with Gasteiger partial charge in [0.2, 0.25) is 15.9 Å². The zero-order valence-corrected chi connectivity index (χ0v) is 17.1. The fourth-order valence-corrected chi connectivity index (χ4v) is 4.88. The van der Waals surface area contributed by atoms with Gasteiger partial charge in [-0.2, -0.15) is 4.31 Å². The minimum absolute atomic E-state index is 0.0470. The molecule has 0 bridgehead atoms. The topological polar surface area (TPSA) is 70.6 Å². The summed E-state index contributed by atoms with van der Waals surface area (Å²) in [6.07, 6.45) is 5.12. The van der Waals surface area contributed by atoms with Crippen LogP contribution in [0.25, 0.3) is 6.08 Å². The maximum atomic E-state index is 12.5. The van der Waals surface area contributed by atoms with Crippen LogP contribution in [0.5, 0.6) is 0 Å². The fraction of sp³-hybridized carbons (Fsp3) is 0.300. The van der Waals surface area contributed by atoms with E-state index in [1.807, 2.05) is 42.5 Å². The van der Waals surface area contributed by atoms with Crippen molar-refractivity contribution < 1.29 is 13.2 Å². The van der Waals surface area contributed by atoms with Gasteiger partial charge in [0.15, 0.2) is 0 Å². The standard InChI is InChI=1S/C20H23N3O3S2/c24-20(17-27-16-19-7-4-9-21-15-19)22-10-12-23(13-11-22)28(25,26)14-8-18-5-2-1-3-6-18/h1-9,14-15H,10-13,16-17H2/b14-8+. The molecule has 1 saturated heterocycles. The molecule has 0 aliphatic carbocycles. The van der Waals surface area contributed by atoms with Crippen LogP contribution >= 0.6 is 11.8 Å². The number of hydrogen-bond acceptors (Lipinski definition) is 5. The molecule has 28 heavy (non-hydrogen) atoms. The molecule has 1 aliphatic heterocycles. The molecule has 148 valence electrons. The molecule has 6 nitrogen and oxygen atoms in total. The van der Waals surface area contributed by atoms with Crippen LogP contribution in [-0.4, -0.2) is 60.4 Å². The van der Waals surface area contributed by atoms with Gasteiger partial charge in [0.1, 0.15) is 0 Å². The summed E-state index contributed by atoms with van der Waals surface area (Å²) in [6.45, 7) is 1.48. The van der Waals surface area contributed by atoms with Gasteiger partial charge >= 0.3 is 0 Å². The largest absolute Gasteiger partial charge is 0.339 e. The Morgan fingerprint density at radius 3 is 2.50 bits per heavy atom. The van der Waals surface area contributed by atoms with E-state index < -0.39 is 10.0 Å². The maximum absolute atomic E-state index is 12.5. The lowest BCUT2D eigenvalue weighted by Gasteiger charge is -2.33. The van der Waals surface area contributed by atoms with E-state index in [0.717, 1.165) is 16.9 Å². The summed E-state index contributed by atoms with van der Waals surface area (Å²) >= 11 is 1.55. The van der Waals surface area contributed by atoms with Gasteiger partial charge < -0.3 is 4.90 Å². The summed E-state index contributed by atoms with van der Waals surface area (Å²) in [5.41, 5.74) is 1.92. The van der Waals surface area contributed by atoms with Crippen LogP contribution in [-0.2, 0) is 20.6 Å². The van der Waals surface area contributed by atoms with E-state index in [4.69, 9.17) is 0 Å². The molecule has 0 radical (unpaired) electrons. The first-order valence-corrected chi connectivity index (χ1v) is 11.7. The summed E-state index contributed by atoms with van der Waals surface area (Å²) in [4.78, 5) is 18.2. The van der Waals surface area contributed by atoms with Crippen LogP contribution in [0.15, 0.2) is 60.3 Å². The highest BCUT2D eigenvalue weighted by molar-refractivity contribution is 7.99. The molecule has 1 aromatic carbocycles. The van der Waals surface area contributed by atoms with Crippen molar-refractivity contribution >= 4 is 33.8 Å². The summed E-state index contributed by atoms with van der Waals surface area (Å²) in [7, 11) is -3.48. The van der Waals surface area contributed by atoms with E-state index >= 15 is 0 Å². The van der Waals surface area contributed by atoms with Crippen molar-refractivity contribution in [3.63, 3.8) is 0 Å². The monoisotopic (exact) mass is 417 g/mol. The molecule has 0 atom stereocenters. The van der Waals surface area contributed by atoms with Gasteiger partial charge in [-0.3, -0.25) is 9.78 Å². The Morgan fingerprint density at radius 2 is 1.82 bits per heavy atom. The van der Waals surface area contributed by atoms with Gasteiger partial charge in [-0.15, -0.1) is 11.8 Å². The molecule has 8 heteroatoms. The Kier molecular flexibility index (Phi) is 7.24. The lowest BCUT2D eigenvalue weighted by molar-refractivity contribution is -0.129. The third-order valence-electron chi connectivity index (χ3n) is 4.40. The number of pyridine rings is 1. The Labute approximate surface area is 170 Å². The van der Waals surface area contributed by atoms with E-state index in [9.17, 15) is 13.2 Å². The van der Waals surface area contributed by atoms with Crippen molar-refractivity contribution in [1.82, 2.24) is 14.2 Å². The van der Waals surface area contributed by atoms with Crippen LogP contribution in [0.1, 0.15) is 11.1 Å². The summed E-state index contributed by atoms with van der Waals surface area (Å²) in [6, 6.07) is 13.2. The Morgan fingerprint density at radius 1 is 1.07 bits per heavy atom. The molecule has 1 aromatic heterocycles. The third kappa shape index (κ3) is 5.92. The Bertz CT molecular complexity index is 895. The predicted molar refractivity (Wildman–Crippen MR) is 113 cm³/mol. The van der Waals surface area contributed by atoms with Gasteiger partial charge in [-0.25, -0.2) is 8.42 Å². The summed E-state index contributed by atoms with van der Waals surface area (Å²) < 4.78 is 26.4. The number of carbonyl (C=O) groups is 1. The number of aromatic nitrogens is 1. The van der Waals surface area contributed by atoms with Crippen molar-refractivity contribution in [3.05, 3.63) is 71.4 Å². The molecule has 2 heterocycles. The lowest BCUT2D eigenvalue weighted by Crippen LogP contribution is -2.50. The molecular formula is C20H23N3O3S2. The first kappa shape index (κ1) is 20.6. The molecule has 0 saturated carbocycles. The zero-order valence-electron chi connectivity index (χ0n) is 15.5. The van der Waals surface area contributed by atoms with Crippen LogP contribution < -0.4 is 0 Å². The molecular weight excluding hydrogens is 394 g/mol. The van der Waals surface area contributed by atoms with E-state index in [1.165, 1.54) is 9.71 Å². The first-order valence-electron chi connectivity index (χ1n) is 9.02. The van der Waals surface area contributed by atoms with Crippen LogP contribution in [0.4, 0.5) is 0 Å². The molecule has 1 fully saturated rings. The van der Waals surface area contributed by atoms with E-state index in [1.54, 1.807) is 35.1 Å². The van der Waals surface area contributed by atoms with E-state index in [-0.39, 0.29) is 5.91 Å². The molecule has 2 aromatic rings. The van der Waals surface area contributed by atoms with Crippen LogP contribution in [0.3, 0.4) is 0 Å². The van der Waals surface area contributed by atoms with Gasteiger partial charge in [-0.05, 0) is 23.3 Å². The third-order valence-corrected chi connectivity index (χ3v) is 6.95. The van der Waals surface area contributed by atoms with Gasteiger partial charge in [-0.1, -0.05) is 36.4 Å². The number of carbonyl (C=O) groups excluding carboxylic acids is 1. The first-order chi connectivity index (χ1) is 13.5. The highest BCUT2D eigenvalue weighted by atomic mass is 32.2. The predicted octanol–water partition coefficient (Wildman–Crippen LogP) is 2.46. The lowest BCUT2D eigenvalue weighted by atomic mass is 10.2. The quantitative estimate of drug-likeness (QED) is 0.692. The second-order valence-electron chi connectivity index (χ2n) is 6.39. The summed E-state index contributed by atoms with van der Waals surface area (Å²) in [5, 5.41) is 1.24. The number of sulfonamides is 1. The highest BCUT2D eigenvalue weighted by Crippen LogP contribution is 2.15. The van der Waals surface area contributed by atoms with Gasteiger partial charge in [0, 0.05) is 49.7 Å². The SMILES string of the molecule is O=C(CSCc1cccnc1)N1CCN(S(=O)(=O)/C=C/c2ccccc2)CC1. The average molecular weight is 418 g/mol. The number of hydrogen-bond donors (Lipinski definition) is 0. The smallest absolute Gasteiger partial charge is 0.236 e. The fourth-order valence-electron chi connectivity index (χ4n) is 2.84. The summed E-state index contributed by atoms with van der Waals surface area (Å²) in [5.74, 6) is 1.17. The minimum Gasteiger partial charge on any atom is -0.339 e. The second-order valence-corrected chi connectivity index (χ2v) is 9.20. The maximum Gasteiger partial charge on any atom is 0.236 e. The Hall–Kier alpha value is -2.16. The van der Waals surface area contributed by atoms with Gasteiger partial charge in [0.25, 0.3) is 0 Å². The molecule has 1 amide bonds. The Balaban J connectivity index is 1.45. The average Bonchev–Trinajstić information content (AvgIpc) is 2.74.